The van der Waals surface area contributed by atoms with E-state index in [2.05, 4.69) is 25.6 Å². The highest BCUT2D eigenvalue weighted by atomic mass is 16.5. The van der Waals surface area contributed by atoms with Crippen LogP contribution in [0.25, 0.3) is 0 Å². The van der Waals surface area contributed by atoms with Crippen LogP contribution in [-0.2, 0) is 0 Å². The molecule has 0 aromatic carbocycles. The molecule has 0 radical (unpaired) electrons. The van der Waals surface area contributed by atoms with Gasteiger partial charge in [0.2, 0.25) is 11.9 Å². The van der Waals surface area contributed by atoms with Crippen molar-refractivity contribution < 1.29 is 9.84 Å². The first kappa shape index (κ1) is 14.8. The van der Waals surface area contributed by atoms with Crippen LogP contribution in [0.4, 0.5) is 11.9 Å². The SMILES string of the molecule is CCCOc1nc(NC)nc(NC2(CO)CCCC2)n1. The monoisotopic (exact) mass is 281 g/mol. The Morgan fingerprint density at radius 3 is 2.50 bits per heavy atom. The lowest BCUT2D eigenvalue weighted by atomic mass is 9.99. The molecule has 7 nitrogen and oxygen atoms in total. The summed E-state index contributed by atoms with van der Waals surface area (Å²) < 4.78 is 5.46. The molecule has 0 unspecified atom stereocenters. The van der Waals surface area contributed by atoms with Gasteiger partial charge >= 0.3 is 6.01 Å². The Balaban J connectivity index is 2.17. The highest BCUT2D eigenvalue weighted by Crippen LogP contribution is 2.32. The molecule has 0 spiro atoms. The van der Waals surface area contributed by atoms with E-state index in [1.54, 1.807) is 7.05 Å². The number of nitrogens with zero attached hydrogens (tertiary/aromatic N) is 3. The summed E-state index contributed by atoms with van der Waals surface area (Å²) >= 11 is 0. The Bertz CT molecular complexity index is 435. The second-order valence-electron chi connectivity index (χ2n) is 5.13. The lowest BCUT2D eigenvalue weighted by Gasteiger charge is -2.27. The van der Waals surface area contributed by atoms with Crippen molar-refractivity contribution in [3.8, 4) is 6.01 Å². The molecule has 1 aliphatic rings. The van der Waals surface area contributed by atoms with Gasteiger partial charge in [0.1, 0.15) is 0 Å². The van der Waals surface area contributed by atoms with E-state index in [0.29, 0.717) is 24.5 Å². The topological polar surface area (TPSA) is 92.2 Å². The van der Waals surface area contributed by atoms with Gasteiger partial charge in [-0.2, -0.15) is 15.0 Å². The molecule has 1 aromatic rings. The van der Waals surface area contributed by atoms with Gasteiger partial charge in [-0.15, -0.1) is 0 Å². The van der Waals surface area contributed by atoms with Gasteiger partial charge in [0.25, 0.3) is 0 Å². The number of aromatic nitrogens is 3. The van der Waals surface area contributed by atoms with E-state index in [-0.39, 0.29) is 12.1 Å². The Kier molecular flexibility index (Phi) is 4.94. The molecule has 1 saturated carbocycles. The summed E-state index contributed by atoms with van der Waals surface area (Å²) in [6.07, 6.45) is 4.96. The zero-order valence-corrected chi connectivity index (χ0v) is 12.1. The summed E-state index contributed by atoms with van der Waals surface area (Å²) in [5, 5.41) is 15.8. The van der Waals surface area contributed by atoms with Crippen LogP contribution in [0.15, 0.2) is 0 Å². The first-order chi connectivity index (χ1) is 9.71. The van der Waals surface area contributed by atoms with E-state index in [0.717, 1.165) is 32.1 Å². The van der Waals surface area contributed by atoms with Crippen molar-refractivity contribution in [3.05, 3.63) is 0 Å². The van der Waals surface area contributed by atoms with Crippen molar-refractivity contribution in [1.82, 2.24) is 15.0 Å². The van der Waals surface area contributed by atoms with E-state index in [1.165, 1.54) is 0 Å². The van der Waals surface area contributed by atoms with Crippen molar-refractivity contribution in [3.63, 3.8) is 0 Å². The van der Waals surface area contributed by atoms with Crippen molar-refractivity contribution in [1.29, 1.82) is 0 Å². The third-order valence-electron chi connectivity index (χ3n) is 3.51. The van der Waals surface area contributed by atoms with E-state index >= 15 is 0 Å². The Hall–Kier alpha value is -1.63. The average molecular weight is 281 g/mol. The lowest BCUT2D eigenvalue weighted by molar-refractivity contribution is 0.213. The maximum atomic E-state index is 9.63. The molecule has 3 N–H and O–H groups in total. The van der Waals surface area contributed by atoms with Gasteiger partial charge in [0, 0.05) is 7.05 Å². The molecule has 0 atom stereocenters. The van der Waals surface area contributed by atoms with Gasteiger partial charge in [-0.05, 0) is 19.3 Å². The van der Waals surface area contributed by atoms with Crippen molar-refractivity contribution in [2.45, 2.75) is 44.6 Å². The Morgan fingerprint density at radius 2 is 1.90 bits per heavy atom. The molecule has 0 bridgehead atoms. The maximum absolute atomic E-state index is 9.63. The van der Waals surface area contributed by atoms with Crippen LogP contribution in [0.1, 0.15) is 39.0 Å². The molecule has 1 aromatic heterocycles. The minimum Gasteiger partial charge on any atom is -0.463 e. The van der Waals surface area contributed by atoms with Crippen molar-refractivity contribution in [2.75, 3.05) is 30.9 Å². The van der Waals surface area contributed by atoms with Crippen molar-refractivity contribution in [2.24, 2.45) is 0 Å². The van der Waals surface area contributed by atoms with Gasteiger partial charge in [0.05, 0.1) is 18.8 Å². The predicted octanol–water partition coefficient (Wildman–Crippen LogP) is 1.42. The highest BCUT2D eigenvalue weighted by molar-refractivity contribution is 5.38. The third kappa shape index (κ3) is 3.47. The molecule has 112 valence electrons. The normalized spacial score (nSPS) is 16.9. The number of anilines is 2. The van der Waals surface area contributed by atoms with Crippen LogP contribution >= 0.6 is 0 Å². The fraction of sp³-hybridized carbons (Fsp3) is 0.769. The van der Waals surface area contributed by atoms with Crippen LogP contribution < -0.4 is 15.4 Å². The summed E-state index contributed by atoms with van der Waals surface area (Å²) in [5.74, 6) is 0.908. The molecule has 1 aliphatic carbocycles. The minimum absolute atomic E-state index is 0.0821. The van der Waals surface area contributed by atoms with Gasteiger partial charge in [0.15, 0.2) is 0 Å². The predicted molar refractivity (Wildman–Crippen MR) is 77.1 cm³/mol. The average Bonchev–Trinajstić information content (AvgIpc) is 2.94. The number of nitrogens with one attached hydrogen (secondary N) is 2. The standard InChI is InChI=1S/C13H23N5O2/c1-3-8-20-12-16-10(14-2)15-11(17-12)18-13(9-19)6-4-5-7-13/h19H,3-9H2,1-2H3,(H2,14,15,16,17,18). The molecule has 1 fully saturated rings. The molecule has 0 amide bonds. The maximum Gasteiger partial charge on any atom is 0.323 e. The summed E-state index contributed by atoms with van der Waals surface area (Å²) in [6, 6.07) is 0.305. The highest BCUT2D eigenvalue weighted by Gasteiger charge is 2.34. The Morgan fingerprint density at radius 1 is 1.20 bits per heavy atom. The first-order valence-electron chi connectivity index (χ1n) is 7.17. The molecule has 1 heterocycles. The number of rotatable bonds is 7. The molecular formula is C13H23N5O2. The van der Waals surface area contributed by atoms with E-state index in [9.17, 15) is 5.11 Å². The molecule has 0 saturated heterocycles. The number of aliphatic hydroxyl groups is 1. The van der Waals surface area contributed by atoms with Crippen LogP contribution in [0.2, 0.25) is 0 Å². The van der Waals surface area contributed by atoms with Crippen LogP contribution in [0.3, 0.4) is 0 Å². The Labute approximate surface area is 119 Å². The lowest BCUT2D eigenvalue weighted by Crippen LogP contribution is -2.39. The van der Waals surface area contributed by atoms with Gasteiger partial charge in [-0.1, -0.05) is 19.8 Å². The second-order valence-corrected chi connectivity index (χ2v) is 5.13. The zero-order chi connectivity index (χ0) is 14.4. The van der Waals surface area contributed by atoms with Gasteiger partial charge in [-0.3, -0.25) is 0 Å². The quantitative estimate of drug-likeness (QED) is 0.696. The molecule has 20 heavy (non-hydrogen) atoms. The van der Waals surface area contributed by atoms with E-state index in [4.69, 9.17) is 4.74 Å². The summed E-state index contributed by atoms with van der Waals surface area (Å²) in [6.45, 7) is 2.68. The fourth-order valence-corrected chi connectivity index (χ4v) is 2.39. The summed E-state index contributed by atoms with van der Waals surface area (Å²) in [4.78, 5) is 12.7. The van der Waals surface area contributed by atoms with Crippen LogP contribution in [-0.4, -0.2) is 45.9 Å². The van der Waals surface area contributed by atoms with Gasteiger partial charge < -0.3 is 20.5 Å². The summed E-state index contributed by atoms with van der Waals surface area (Å²) in [7, 11) is 1.75. The van der Waals surface area contributed by atoms with E-state index < -0.39 is 0 Å². The minimum atomic E-state index is -0.311. The summed E-state index contributed by atoms with van der Waals surface area (Å²) in [5.41, 5.74) is -0.311. The third-order valence-corrected chi connectivity index (χ3v) is 3.51. The second kappa shape index (κ2) is 6.69. The zero-order valence-electron chi connectivity index (χ0n) is 12.1. The molecule has 0 aliphatic heterocycles. The number of hydrogen-bond acceptors (Lipinski definition) is 7. The largest absolute Gasteiger partial charge is 0.463 e. The number of aliphatic hydroxyl groups excluding tert-OH is 1. The fourth-order valence-electron chi connectivity index (χ4n) is 2.39. The van der Waals surface area contributed by atoms with Gasteiger partial charge in [-0.25, -0.2) is 0 Å². The number of hydrogen-bond donors (Lipinski definition) is 3. The van der Waals surface area contributed by atoms with Crippen molar-refractivity contribution >= 4 is 11.9 Å². The molecule has 2 rings (SSSR count). The van der Waals surface area contributed by atoms with E-state index in [1.807, 2.05) is 6.92 Å². The van der Waals surface area contributed by atoms with Crippen LogP contribution in [0.5, 0.6) is 6.01 Å². The first-order valence-corrected chi connectivity index (χ1v) is 7.17. The number of ether oxygens (including phenoxy) is 1. The van der Waals surface area contributed by atoms with Crippen LogP contribution in [0, 0.1) is 0 Å². The molecule has 7 heteroatoms. The molecular weight excluding hydrogens is 258 g/mol. The smallest absolute Gasteiger partial charge is 0.323 e.